The third kappa shape index (κ3) is 4.26. The first kappa shape index (κ1) is 18.7. The number of aromatic nitrogens is 2. The van der Waals surface area contributed by atoms with E-state index in [1.165, 1.54) is 4.90 Å². The number of fused-ring (bicyclic) bond motifs is 1. The number of hydrogen-bond donors (Lipinski definition) is 3. The van der Waals surface area contributed by atoms with E-state index in [1.807, 2.05) is 54.6 Å². The number of para-hydroxylation sites is 2. The minimum absolute atomic E-state index is 0.135. The topological polar surface area (TPSA) is 107 Å². The Morgan fingerprint density at radius 1 is 1.07 bits per heavy atom. The molecule has 4 rings (SSSR count). The molecule has 1 fully saturated rings. The number of carbonyl (C=O) groups excluding carboxylic acids is 3. The van der Waals surface area contributed by atoms with Crippen molar-refractivity contribution in [3.8, 4) is 0 Å². The fraction of sp³-hybridized carbons (Fsp3) is 0.238. The number of benzene rings is 2. The van der Waals surface area contributed by atoms with Crippen LogP contribution in [-0.4, -0.2) is 38.8 Å². The minimum Gasteiger partial charge on any atom is -0.349 e. The van der Waals surface area contributed by atoms with Gasteiger partial charge in [0.2, 0.25) is 5.91 Å². The van der Waals surface area contributed by atoms with Gasteiger partial charge in [-0.3, -0.25) is 14.5 Å². The van der Waals surface area contributed by atoms with E-state index >= 15 is 0 Å². The maximum Gasteiger partial charge on any atom is 0.325 e. The number of nitrogens with zero attached hydrogens (tertiary/aromatic N) is 2. The lowest BCUT2D eigenvalue weighted by atomic mass is 10.1. The molecule has 3 N–H and O–H groups in total. The third-order valence-corrected chi connectivity index (χ3v) is 4.84. The molecule has 148 valence electrons. The van der Waals surface area contributed by atoms with Crippen molar-refractivity contribution in [3.63, 3.8) is 0 Å². The monoisotopic (exact) mass is 391 g/mol. The Bertz CT molecular complexity index is 1010. The molecule has 1 saturated heterocycles. The van der Waals surface area contributed by atoms with Crippen molar-refractivity contribution in [3.05, 3.63) is 66.0 Å². The number of nitrogens with one attached hydrogen (secondary N) is 3. The predicted molar refractivity (Wildman–Crippen MR) is 106 cm³/mol. The highest BCUT2D eigenvalue weighted by Gasteiger charge is 2.37. The molecule has 1 aromatic heterocycles. The zero-order chi connectivity index (χ0) is 20.2. The van der Waals surface area contributed by atoms with Gasteiger partial charge in [-0.15, -0.1) is 0 Å². The summed E-state index contributed by atoms with van der Waals surface area (Å²) in [5.41, 5.74) is 2.63. The molecule has 0 aliphatic carbocycles. The van der Waals surface area contributed by atoms with E-state index in [2.05, 4.69) is 20.6 Å². The van der Waals surface area contributed by atoms with Gasteiger partial charge >= 0.3 is 6.03 Å². The lowest BCUT2D eigenvalue weighted by Crippen LogP contribution is -2.32. The number of hydrogen-bond acceptors (Lipinski definition) is 4. The van der Waals surface area contributed by atoms with Crippen LogP contribution in [0.5, 0.6) is 0 Å². The highest BCUT2D eigenvalue weighted by Crippen LogP contribution is 2.15. The Hall–Kier alpha value is -3.68. The zero-order valence-electron chi connectivity index (χ0n) is 15.7. The largest absolute Gasteiger partial charge is 0.349 e. The molecule has 4 amide bonds. The first-order chi connectivity index (χ1) is 14.1. The Balaban J connectivity index is 1.26. The fourth-order valence-electron chi connectivity index (χ4n) is 3.32. The number of rotatable bonds is 7. The van der Waals surface area contributed by atoms with Crippen molar-refractivity contribution in [1.29, 1.82) is 0 Å². The number of urea groups is 1. The van der Waals surface area contributed by atoms with Gasteiger partial charge in [-0.2, -0.15) is 0 Å². The lowest BCUT2D eigenvalue weighted by molar-refractivity contribution is -0.128. The summed E-state index contributed by atoms with van der Waals surface area (Å²) in [5, 5.41) is 5.45. The molecule has 0 saturated carbocycles. The standard InChI is InChI=1S/C21H21N5O3/c27-19(22-12-18-23-15-8-4-5-9-16(15)24-18)11-10-17-20(28)26(21(29)25-17)13-14-6-2-1-3-7-14/h1-9,17H,10-13H2,(H,22,27)(H,23,24)(H,25,29)/t17-/m1/s1. The fourth-order valence-corrected chi connectivity index (χ4v) is 3.32. The van der Waals surface area contributed by atoms with E-state index in [0.717, 1.165) is 16.6 Å². The molecule has 0 radical (unpaired) electrons. The maximum atomic E-state index is 12.5. The Morgan fingerprint density at radius 3 is 2.62 bits per heavy atom. The molecule has 1 aliphatic rings. The number of H-pyrrole nitrogens is 1. The van der Waals surface area contributed by atoms with Gasteiger partial charge in [0.15, 0.2) is 0 Å². The second-order valence-corrected chi connectivity index (χ2v) is 6.93. The normalized spacial score (nSPS) is 16.3. The van der Waals surface area contributed by atoms with Crippen LogP contribution >= 0.6 is 0 Å². The number of aromatic amines is 1. The summed E-state index contributed by atoms with van der Waals surface area (Å²) < 4.78 is 0. The SMILES string of the molecule is O=C(CC[C@H]1NC(=O)N(Cc2ccccc2)C1=O)NCc1nc2ccccc2[nH]1. The lowest BCUT2D eigenvalue weighted by Gasteiger charge is -2.13. The van der Waals surface area contributed by atoms with Crippen LogP contribution in [-0.2, 0) is 22.7 Å². The molecular formula is C21H21N5O3. The minimum atomic E-state index is -0.678. The van der Waals surface area contributed by atoms with Gasteiger partial charge in [-0.25, -0.2) is 9.78 Å². The van der Waals surface area contributed by atoms with Crippen LogP contribution in [0.15, 0.2) is 54.6 Å². The summed E-state index contributed by atoms with van der Waals surface area (Å²) >= 11 is 0. The molecule has 3 aromatic rings. The van der Waals surface area contributed by atoms with Gasteiger partial charge in [0, 0.05) is 6.42 Å². The zero-order valence-corrected chi connectivity index (χ0v) is 15.7. The van der Waals surface area contributed by atoms with E-state index in [1.54, 1.807) is 0 Å². The van der Waals surface area contributed by atoms with Gasteiger partial charge in [0.05, 0.1) is 24.1 Å². The molecule has 1 aliphatic heterocycles. The van der Waals surface area contributed by atoms with Gasteiger partial charge in [0.1, 0.15) is 11.9 Å². The van der Waals surface area contributed by atoms with Crippen LogP contribution < -0.4 is 10.6 Å². The quantitative estimate of drug-likeness (QED) is 0.536. The van der Waals surface area contributed by atoms with E-state index in [9.17, 15) is 14.4 Å². The molecule has 1 atom stereocenters. The summed E-state index contributed by atoms with van der Waals surface area (Å²) in [7, 11) is 0. The van der Waals surface area contributed by atoms with Crippen molar-refractivity contribution < 1.29 is 14.4 Å². The van der Waals surface area contributed by atoms with Crippen molar-refractivity contribution in [2.24, 2.45) is 0 Å². The van der Waals surface area contributed by atoms with E-state index in [-0.39, 0.29) is 37.7 Å². The van der Waals surface area contributed by atoms with E-state index in [0.29, 0.717) is 5.82 Å². The summed E-state index contributed by atoms with van der Waals surface area (Å²) in [4.78, 5) is 45.5. The van der Waals surface area contributed by atoms with E-state index in [4.69, 9.17) is 0 Å². The molecular weight excluding hydrogens is 370 g/mol. The molecule has 0 unspecified atom stereocenters. The van der Waals surface area contributed by atoms with E-state index < -0.39 is 12.1 Å². The molecule has 2 heterocycles. The number of imide groups is 1. The number of carbonyl (C=O) groups is 3. The average molecular weight is 391 g/mol. The first-order valence-electron chi connectivity index (χ1n) is 9.46. The van der Waals surface area contributed by atoms with Gasteiger partial charge in [-0.1, -0.05) is 42.5 Å². The van der Waals surface area contributed by atoms with Crippen LogP contribution in [0.25, 0.3) is 11.0 Å². The molecule has 0 spiro atoms. The molecule has 29 heavy (non-hydrogen) atoms. The maximum absolute atomic E-state index is 12.5. The van der Waals surface area contributed by atoms with Crippen molar-refractivity contribution in [2.75, 3.05) is 0 Å². The van der Waals surface area contributed by atoms with Crippen LogP contribution in [0.4, 0.5) is 4.79 Å². The van der Waals surface area contributed by atoms with Crippen LogP contribution in [0, 0.1) is 0 Å². The first-order valence-corrected chi connectivity index (χ1v) is 9.46. The predicted octanol–water partition coefficient (Wildman–Crippen LogP) is 2.08. The summed E-state index contributed by atoms with van der Waals surface area (Å²) in [5.74, 6) is 0.164. The highest BCUT2D eigenvalue weighted by molar-refractivity contribution is 6.04. The summed E-state index contributed by atoms with van der Waals surface area (Å²) in [6, 6.07) is 15.8. The third-order valence-electron chi connectivity index (χ3n) is 4.84. The Morgan fingerprint density at radius 2 is 1.83 bits per heavy atom. The van der Waals surface area contributed by atoms with Crippen LogP contribution in [0.2, 0.25) is 0 Å². The second kappa shape index (κ2) is 8.14. The Labute approximate surface area is 167 Å². The molecule has 8 nitrogen and oxygen atoms in total. The van der Waals surface area contributed by atoms with Gasteiger partial charge in [0.25, 0.3) is 5.91 Å². The number of amides is 4. The van der Waals surface area contributed by atoms with Gasteiger partial charge < -0.3 is 15.6 Å². The summed E-state index contributed by atoms with van der Waals surface area (Å²) in [6.45, 7) is 0.499. The Kier molecular flexibility index (Phi) is 5.24. The second-order valence-electron chi connectivity index (χ2n) is 6.93. The molecule has 0 bridgehead atoms. The molecule has 2 aromatic carbocycles. The smallest absolute Gasteiger partial charge is 0.325 e. The van der Waals surface area contributed by atoms with Crippen molar-refractivity contribution >= 4 is 28.9 Å². The molecule has 8 heteroatoms. The van der Waals surface area contributed by atoms with Crippen molar-refractivity contribution in [1.82, 2.24) is 25.5 Å². The van der Waals surface area contributed by atoms with Crippen LogP contribution in [0.1, 0.15) is 24.2 Å². The van der Waals surface area contributed by atoms with Crippen molar-refractivity contribution in [2.45, 2.75) is 32.0 Å². The van der Waals surface area contributed by atoms with Crippen LogP contribution in [0.3, 0.4) is 0 Å². The summed E-state index contributed by atoms with van der Waals surface area (Å²) in [6.07, 6.45) is 0.387. The average Bonchev–Trinajstić information content (AvgIpc) is 3.27. The van der Waals surface area contributed by atoms with Gasteiger partial charge in [-0.05, 0) is 24.1 Å². The number of imidazole rings is 1. The highest BCUT2D eigenvalue weighted by atomic mass is 16.2.